The number of fused-ring (bicyclic) bond motifs is 1. The third kappa shape index (κ3) is 11.9. The number of hydrogen-bond donors (Lipinski definition) is 4. The molecule has 2 aromatic rings. The van der Waals surface area contributed by atoms with E-state index < -0.39 is 0 Å². The van der Waals surface area contributed by atoms with Gasteiger partial charge in [-0.2, -0.15) is 5.10 Å². The number of hydrazone groups is 1. The molecule has 0 aliphatic carbocycles. The first kappa shape index (κ1) is 28.1. The number of rotatable bonds is 5. The molecule has 30 heavy (non-hydrogen) atoms. The lowest BCUT2D eigenvalue weighted by molar-refractivity contribution is 0.476. The van der Waals surface area contributed by atoms with E-state index in [0.717, 1.165) is 34.6 Å². The number of nitrogens with one attached hydrogen (secondary N) is 3. The minimum atomic E-state index is 0.269. The molecule has 0 fully saturated rings. The van der Waals surface area contributed by atoms with E-state index in [4.69, 9.17) is 0 Å². The zero-order chi connectivity index (χ0) is 22.6. The summed E-state index contributed by atoms with van der Waals surface area (Å²) in [5.41, 5.74) is 5.91. The van der Waals surface area contributed by atoms with E-state index >= 15 is 0 Å². The highest BCUT2D eigenvalue weighted by Crippen LogP contribution is 2.21. The van der Waals surface area contributed by atoms with E-state index in [1.165, 1.54) is 32.2 Å². The van der Waals surface area contributed by atoms with Gasteiger partial charge in [0, 0.05) is 22.7 Å². The van der Waals surface area contributed by atoms with E-state index in [1.807, 2.05) is 33.0 Å². The summed E-state index contributed by atoms with van der Waals surface area (Å²) >= 11 is 1.72. The summed E-state index contributed by atoms with van der Waals surface area (Å²) in [6, 6.07) is 7.37. The van der Waals surface area contributed by atoms with E-state index in [2.05, 4.69) is 53.1 Å². The molecular formula is C24H42N4OS. The highest BCUT2D eigenvalue weighted by atomic mass is 32.2. The molecule has 0 radical (unpaired) electrons. The third-order valence-corrected chi connectivity index (χ3v) is 4.61. The van der Waals surface area contributed by atoms with Crippen LogP contribution in [0, 0.1) is 0 Å². The molecule has 1 aromatic heterocycles. The van der Waals surface area contributed by atoms with E-state index in [9.17, 15) is 5.11 Å². The Labute approximate surface area is 187 Å². The number of thioether (sulfide) groups is 1. The fourth-order valence-electron chi connectivity index (χ4n) is 2.43. The summed E-state index contributed by atoms with van der Waals surface area (Å²) in [6.45, 7) is 12.4. The fourth-order valence-corrected chi connectivity index (χ4v) is 3.14. The van der Waals surface area contributed by atoms with Crippen LogP contribution in [0.1, 0.15) is 66.0 Å². The number of phenols is 1. The number of benzene rings is 1. The molecule has 0 unspecified atom stereocenters. The Kier molecular flexibility index (Phi) is 17.8. The van der Waals surface area contributed by atoms with Gasteiger partial charge in [-0.05, 0) is 43.6 Å². The quantitative estimate of drug-likeness (QED) is 0.419. The molecule has 0 saturated carbocycles. The molecule has 1 aliphatic rings. The van der Waals surface area contributed by atoms with Gasteiger partial charge < -0.3 is 20.8 Å². The lowest BCUT2D eigenvalue weighted by Crippen LogP contribution is -2.15. The average molecular weight is 435 g/mol. The second kappa shape index (κ2) is 19.1. The van der Waals surface area contributed by atoms with Crippen molar-refractivity contribution in [3.05, 3.63) is 41.4 Å². The number of H-pyrrole nitrogens is 1. The lowest BCUT2D eigenvalue weighted by Gasteiger charge is -2.06. The van der Waals surface area contributed by atoms with Crippen molar-refractivity contribution in [2.24, 2.45) is 5.10 Å². The zero-order valence-electron chi connectivity index (χ0n) is 19.7. The van der Waals surface area contributed by atoms with Crippen LogP contribution in [0.25, 0.3) is 10.9 Å². The first-order valence-corrected chi connectivity index (χ1v) is 12.2. The van der Waals surface area contributed by atoms with Crippen molar-refractivity contribution in [1.82, 2.24) is 15.7 Å². The van der Waals surface area contributed by atoms with Crippen molar-refractivity contribution < 1.29 is 5.11 Å². The summed E-state index contributed by atoms with van der Waals surface area (Å²) in [5.74, 6) is 1.09. The fraction of sp³-hybridized carbons (Fsp3) is 0.542. The first-order chi connectivity index (χ1) is 14.7. The van der Waals surface area contributed by atoms with Crippen LogP contribution in [0.2, 0.25) is 0 Å². The van der Waals surface area contributed by atoms with E-state index in [1.54, 1.807) is 23.9 Å². The SMILES string of the molecule is CC.CCC.CCCCCNC.Oc1ccc2cc(/C3=N/NC/C=C\SC3)[nH]c2c1. The van der Waals surface area contributed by atoms with Gasteiger partial charge in [0.1, 0.15) is 5.75 Å². The summed E-state index contributed by atoms with van der Waals surface area (Å²) in [5, 5.41) is 20.1. The van der Waals surface area contributed by atoms with Gasteiger partial charge >= 0.3 is 0 Å². The van der Waals surface area contributed by atoms with Gasteiger partial charge in [-0.1, -0.05) is 60.0 Å². The second-order valence-electron chi connectivity index (χ2n) is 6.58. The smallest absolute Gasteiger partial charge is 0.117 e. The summed E-state index contributed by atoms with van der Waals surface area (Å²) in [4.78, 5) is 3.29. The van der Waals surface area contributed by atoms with Crippen LogP contribution in [0.3, 0.4) is 0 Å². The topological polar surface area (TPSA) is 72.4 Å². The number of aromatic hydroxyl groups is 1. The number of hydrogen-bond acceptors (Lipinski definition) is 5. The molecule has 4 N–H and O–H groups in total. The minimum Gasteiger partial charge on any atom is -0.508 e. The molecule has 0 saturated heterocycles. The maximum absolute atomic E-state index is 9.46. The van der Waals surface area contributed by atoms with Crippen LogP contribution < -0.4 is 10.7 Å². The van der Waals surface area contributed by atoms with Gasteiger partial charge in [-0.15, -0.1) is 11.8 Å². The highest BCUT2D eigenvalue weighted by Gasteiger charge is 2.09. The van der Waals surface area contributed by atoms with Crippen LogP contribution >= 0.6 is 11.8 Å². The number of unbranched alkanes of at least 4 members (excludes halogenated alkanes) is 2. The van der Waals surface area contributed by atoms with Crippen LogP contribution in [-0.2, 0) is 0 Å². The molecule has 2 heterocycles. The zero-order valence-corrected chi connectivity index (χ0v) is 20.5. The molecule has 0 amide bonds. The van der Waals surface area contributed by atoms with Crippen LogP contribution in [0.4, 0.5) is 0 Å². The first-order valence-electron chi connectivity index (χ1n) is 11.2. The maximum Gasteiger partial charge on any atom is 0.117 e. The summed E-state index contributed by atoms with van der Waals surface area (Å²) in [6.07, 6.45) is 7.31. The van der Waals surface area contributed by atoms with Gasteiger partial charge in [0.05, 0.1) is 18.0 Å². The maximum atomic E-state index is 9.46. The van der Waals surface area contributed by atoms with E-state index in [0.29, 0.717) is 0 Å². The predicted octanol–water partition coefficient (Wildman–Crippen LogP) is 6.27. The monoisotopic (exact) mass is 434 g/mol. The molecule has 0 spiro atoms. The number of aromatic nitrogens is 1. The molecular weight excluding hydrogens is 392 g/mol. The second-order valence-corrected chi connectivity index (χ2v) is 7.47. The Hall–Kier alpha value is -1.92. The van der Waals surface area contributed by atoms with Crippen molar-refractivity contribution in [3.8, 4) is 5.75 Å². The minimum absolute atomic E-state index is 0.269. The van der Waals surface area contributed by atoms with Gasteiger partial charge in [0.15, 0.2) is 0 Å². The van der Waals surface area contributed by atoms with Crippen LogP contribution in [0.5, 0.6) is 5.75 Å². The Morgan fingerprint density at radius 1 is 1.13 bits per heavy atom. The lowest BCUT2D eigenvalue weighted by atomic mass is 10.2. The Bertz CT molecular complexity index is 721. The Balaban J connectivity index is 0.000000591. The standard InChI is InChI=1S/C13H13N3OS.C6H15N.C3H8.C2H6/c17-10-3-2-9-6-12(15-11(9)7-10)13-8-18-5-1-4-14-16-13;1-3-4-5-6-7-2;1-3-2;1-2/h1-3,5-7,14-15,17H,4,8H2;7H,3-6H2,1-2H3;3H2,1-2H3;1-2H3/b5-1-,16-13+;;;. The number of aromatic amines is 1. The molecule has 0 bridgehead atoms. The molecule has 1 aromatic carbocycles. The van der Waals surface area contributed by atoms with Crippen molar-refractivity contribution in [3.63, 3.8) is 0 Å². The molecule has 0 atom stereocenters. The summed E-state index contributed by atoms with van der Waals surface area (Å²) < 4.78 is 0. The van der Waals surface area contributed by atoms with Crippen LogP contribution in [-0.4, -0.2) is 41.7 Å². The average Bonchev–Trinajstić information content (AvgIpc) is 3.14. The Morgan fingerprint density at radius 2 is 1.87 bits per heavy atom. The van der Waals surface area contributed by atoms with E-state index in [-0.39, 0.29) is 5.75 Å². The highest BCUT2D eigenvalue weighted by molar-refractivity contribution is 8.02. The normalized spacial score (nSPS) is 15.3. The van der Waals surface area contributed by atoms with Crippen LogP contribution in [0.15, 0.2) is 40.9 Å². The van der Waals surface area contributed by atoms with Gasteiger partial charge in [-0.25, -0.2) is 0 Å². The third-order valence-electron chi connectivity index (χ3n) is 3.78. The molecule has 1 aliphatic heterocycles. The molecule has 170 valence electrons. The number of nitrogens with zero attached hydrogens (tertiary/aromatic N) is 1. The predicted molar refractivity (Wildman–Crippen MR) is 137 cm³/mol. The van der Waals surface area contributed by atoms with Gasteiger partial charge in [0.2, 0.25) is 0 Å². The van der Waals surface area contributed by atoms with Crippen molar-refractivity contribution in [1.29, 1.82) is 0 Å². The van der Waals surface area contributed by atoms with Gasteiger partial charge in [-0.3, -0.25) is 0 Å². The van der Waals surface area contributed by atoms with Gasteiger partial charge in [0.25, 0.3) is 0 Å². The summed E-state index contributed by atoms with van der Waals surface area (Å²) in [7, 11) is 2.00. The molecule has 6 heteroatoms. The van der Waals surface area contributed by atoms with Crippen molar-refractivity contribution in [2.45, 2.75) is 60.3 Å². The van der Waals surface area contributed by atoms with Crippen molar-refractivity contribution >= 4 is 28.4 Å². The number of phenolic OH excluding ortho intramolecular Hbond substituents is 1. The molecule has 5 nitrogen and oxygen atoms in total. The van der Waals surface area contributed by atoms with Crippen molar-refractivity contribution in [2.75, 3.05) is 25.9 Å². The Morgan fingerprint density at radius 3 is 2.53 bits per heavy atom. The largest absolute Gasteiger partial charge is 0.508 e. The molecule has 3 rings (SSSR count).